The van der Waals surface area contributed by atoms with Crippen LogP contribution in [-0.4, -0.2) is 55.5 Å². The predicted molar refractivity (Wildman–Crippen MR) is 208 cm³/mol. The number of anilines is 3. The number of amides is 3. The Morgan fingerprint density at radius 3 is 2.25 bits per heavy atom. The van der Waals surface area contributed by atoms with E-state index in [0.717, 1.165) is 29.2 Å². The van der Waals surface area contributed by atoms with Gasteiger partial charge in [0.1, 0.15) is 12.4 Å². The Kier molecular flexibility index (Phi) is 20.8. The van der Waals surface area contributed by atoms with Gasteiger partial charge in [-0.15, -0.1) is 0 Å². The first-order valence-electron chi connectivity index (χ1n) is 17.9. The standard InChI is InChI=1S/C38H53N5O7.C2H6/c1-10-14-31(15-11-2)40-37(46)41-32-22-29(17-19-33(32)43(23-26(4)5)24-27(6)7)18-20-35(45)49-28(8)50-38(47)42(9)36-30(16-13-21-39-36)25-48-34(44)12-3;1-2/h10-11,13-17,19,21-22,26-28H,1,12,18,20,23-25H2,2-9H3,(H2,40,41,46);1-2H3/b15-11-,31-14+;. The summed E-state index contributed by atoms with van der Waals surface area (Å²) in [4.78, 5) is 58.0. The Balaban J connectivity index is 0.00000664. The molecule has 0 aliphatic rings. The first-order valence-corrected chi connectivity index (χ1v) is 17.9. The maximum Gasteiger partial charge on any atom is 0.418 e. The molecule has 1 aromatic heterocycles. The number of aromatic nitrogens is 1. The van der Waals surface area contributed by atoms with Crippen molar-refractivity contribution in [2.75, 3.05) is 35.3 Å². The van der Waals surface area contributed by atoms with E-state index in [9.17, 15) is 19.2 Å². The van der Waals surface area contributed by atoms with E-state index in [2.05, 4.69) is 54.8 Å². The van der Waals surface area contributed by atoms with E-state index in [1.165, 1.54) is 20.2 Å². The molecule has 3 amide bonds. The minimum absolute atomic E-state index is 0.00508. The van der Waals surface area contributed by atoms with Gasteiger partial charge in [0.25, 0.3) is 0 Å². The molecule has 286 valence electrons. The highest BCUT2D eigenvalue weighted by Crippen LogP contribution is 2.30. The van der Waals surface area contributed by atoms with Gasteiger partial charge in [0.05, 0.1) is 11.4 Å². The van der Waals surface area contributed by atoms with E-state index in [4.69, 9.17) is 14.2 Å². The summed E-state index contributed by atoms with van der Waals surface area (Å²) < 4.78 is 15.9. The monoisotopic (exact) mass is 721 g/mol. The second-order valence-corrected chi connectivity index (χ2v) is 12.5. The molecular weight excluding hydrogens is 662 g/mol. The number of esters is 2. The second kappa shape index (κ2) is 24.1. The van der Waals surface area contributed by atoms with Crippen molar-refractivity contribution in [1.82, 2.24) is 10.3 Å². The van der Waals surface area contributed by atoms with Crippen molar-refractivity contribution < 1.29 is 33.4 Å². The third kappa shape index (κ3) is 16.3. The van der Waals surface area contributed by atoms with Crippen molar-refractivity contribution in [3.05, 3.63) is 84.2 Å². The van der Waals surface area contributed by atoms with E-state index in [1.807, 2.05) is 45.0 Å². The summed E-state index contributed by atoms with van der Waals surface area (Å²) >= 11 is 0. The summed E-state index contributed by atoms with van der Waals surface area (Å²) in [6.07, 6.45) is 6.95. The van der Waals surface area contributed by atoms with E-state index in [-0.39, 0.29) is 31.2 Å². The second-order valence-electron chi connectivity index (χ2n) is 12.5. The number of allylic oxidation sites excluding steroid dienone is 4. The molecule has 2 rings (SSSR count). The average molecular weight is 722 g/mol. The first-order chi connectivity index (χ1) is 24.8. The molecule has 1 heterocycles. The fraction of sp³-hybridized carbons (Fsp3) is 0.475. The van der Waals surface area contributed by atoms with Crippen LogP contribution < -0.4 is 20.4 Å². The Labute approximate surface area is 310 Å². The first kappa shape index (κ1) is 44.9. The Morgan fingerprint density at radius 2 is 1.65 bits per heavy atom. The Morgan fingerprint density at radius 1 is 0.981 bits per heavy atom. The minimum Gasteiger partial charge on any atom is -0.461 e. The summed E-state index contributed by atoms with van der Waals surface area (Å²) in [6.45, 7) is 22.8. The zero-order valence-corrected chi connectivity index (χ0v) is 32.7. The maximum absolute atomic E-state index is 13.1. The van der Waals surface area contributed by atoms with Gasteiger partial charge in [-0.05, 0) is 61.1 Å². The van der Waals surface area contributed by atoms with E-state index < -0.39 is 24.4 Å². The van der Waals surface area contributed by atoms with Gasteiger partial charge in [0, 0.05) is 57.4 Å². The molecule has 0 fully saturated rings. The summed E-state index contributed by atoms with van der Waals surface area (Å²) in [7, 11) is 1.46. The lowest BCUT2D eigenvalue weighted by Gasteiger charge is -2.30. The molecular formula is C40H59N5O7. The number of nitrogens with one attached hydrogen (secondary N) is 2. The van der Waals surface area contributed by atoms with Crippen LogP contribution in [0.5, 0.6) is 0 Å². The lowest BCUT2D eigenvalue weighted by molar-refractivity contribution is -0.164. The van der Waals surface area contributed by atoms with Crippen molar-refractivity contribution in [2.24, 2.45) is 11.8 Å². The highest BCUT2D eigenvalue weighted by molar-refractivity contribution is 5.94. The molecule has 0 aliphatic heterocycles. The van der Waals surface area contributed by atoms with Gasteiger partial charge in [0.2, 0.25) is 6.29 Å². The van der Waals surface area contributed by atoms with Crippen molar-refractivity contribution in [3.63, 3.8) is 0 Å². The fourth-order valence-corrected chi connectivity index (χ4v) is 4.92. The van der Waals surface area contributed by atoms with E-state index in [0.29, 0.717) is 35.2 Å². The van der Waals surface area contributed by atoms with Gasteiger partial charge in [-0.3, -0.25) is 14.5 Å². The van der Waals surface area contributed by atoms with E-state index >= 15 is 0 Å². The quantitative estimate of drug-likeness (QED) is 0.0881. The van der Waals surface area contributed by atoms with Crippen LogP contribution in [0.3, 0.4) is 0 Å². The number of rotatable bonds is 18. The molecule has 12 nitrogen and oxygen atoms in total. The number of benzene rings is 1. The molecule has 0 spiro atoms. The van der Waals surface area contributed by atoms with Crippen molar-refractivity contribution in [3.8, 4) is 0 Å². The van der Waals surface area contributed by atoms with Gasteiger partial charge < -0.3 is 29.7 Å². The van der Waals surface area contributed by atoms with Crippen LogP contribution >= 0.6 is 0 Å². The number of aryl methyl sites for hydroxylation is 1. The SMILES string of the molecule is C=C/C=C(\C=C/C)NC(=O)Nc1cc(CCC(=O)OC(C)OC(=O)N(C)c2ncccc2COC(=O)CC)ccc1N(CC(C)C)CC(C)C.CC. The predicted octanol–water partition coefficient (Wildman–Crippen LogP) is 8.54. The van der Waals surface area contributed by atoms with E-state index in [1.54, 1.807) is 37.3 Å². The molecule has 1 atom stereocenters. The molecule has 0 radical (unpaired) electrons. The van der Waals surface area contributed by atoms with Crippen LogP contribution in [0, 0.1) is 11.8 Å². The number of carbonyl (C=O) groups excluding carboxylic acids is 4. The lowest BCUT2D eigenvalue weighted by atomic mass is 10.1. The lowest BCUT2D eigenvalue weighted by Crippen LogP contribution is -2.33. The largest absolute Gasteiger partial charge is 0.461 e. The van der Waals surface area contributed by atoms with Gasteiger partial charge in [-0.25, -0.2) is 14.6 Å². The number of urea groups is 1. The average Bonchev–Trinajstić information content (AvgIpc) is 3.09. The molecule has 0 aliphatic carbocycles. The third-order valence-corrected chi connectivity index (χ3v) is 7.04. The van der Waals surface area contributed by atoms with Crippen LogP contribution in [0.4, 0.5) is 26.8 Å². The minimum atomic E-state index is -1.18. The van der Waals surface area contributed by atoms with Crippen LogP contribution in [0.1, 0.15) is 86.3 Å². The summed E-state index contributed by atoms with van der Waals surface area (Å²) in [5, 5.41) is 5.85. The van der Waals surface area contributed by atoms with Crippen LogP contribution in [0.15, 0.2) is 73.1 Å². The highest BCUT2D eigenvalue weighted by atomic mass is 16.7. The highest BCUT2D eigenvalue weighted by Gasteiger charge is 2.22. The molecule has 2 aromatic rings. The zero-order chi connectivity index (χ0) is 39.2. The number of carbonyl (C=O) groups is 4. The number of nitrogens with zero attached hydrogens (tertiary/aromatic N) is 3. The molecule has 2 N–H and O–H groups in total. The normalized spacial score (nSPS) is 11.7. The summed E-state index contributed by atoms with van der Waals surface area (Å²) in [6, 6.07) is 8.70. The Bertz CT molecular complexity index is 1510. The number of hydrogen-bond acceptors (Lipinski definition) is 9. The fourth-order valence-electron chi connectivity index (χ4n) is 4.92. The van der Waals surface area contributed by atoms with Gasteiger partial charge >= 0.3 is 24.1 Å². The van der Waals surface area contributed by atoms with Crippen LogP contribution in [0.2, 0.25) is 0 Å². The molecule has 0 saturated carbocycles. The molecule has 12 heteroatoms. The zero-order valence-electron chi connectivity index (χ0n) is 32.7. The van der Waals surface area contributed by atoms with Crippen LogP contribution in [0.25, 0.3) is 0 Å². The number of ether oxygens (including phenoxy) is 3. The van der Waals surface area contributed by atoms with Gasteiger partial charge in [0.15, 0.2) is 0 Å². The molecule has 1 unspecified atom stereocenters. The van der Waals surface area contributed by atoms with Crippen molar-refractivity contribution >= 4 is 41.3 Å². The van der Waals surface area contributed by atoms with Gasteiger partial charge in [-0.1, -0.05) is 79.3 Å². The van der Waals surface area contributed by atoms with Crippen molar-refractivity contribution in [1.29, 1.82) is 0 Å². The van der Waals surface area contributed by atoms with Crippen LogP contribution in [-0.2, 0) is 36.8 Å². The smallest absolute Gasteiger partial charge is 0.418 e. The molecule has 1 aromatic carbocycles. The third-order valence-electron chi connectivity index (χ3n) is 7.04. The Hall–Kier alpha value is -5.13. The summed E-state index contributed by atoms with van der Waals surface area (Å²) in [5.74, 6) is 0.0647. The van der Waals surface area contributed by atoms with Gasteiger partial charge in [-0.2, -0.15) is 0 Å². The number of hydrogen-bond donors (Lipinski definition) is 2. The summed E-state index contributed by atoms with van der Waals surface area (Å²) in [5.41, 5.74) is 3.38. The molecule has 0 bridgehead atoms. The van der Waals surface area contributed by atoms with Crippen molar-refractivity contribution in [2.45, 2.75) is 94.5 Å². The topological polar surface area (TPSA) is 139 Å². The maximum atomic E-state index is 13.1. The molecule has 52 heavy (non-hydrogen) atoms. The number of pyridine rings is 1. The molecule has 0 saturated heterocycles.